The van der Waals surface area contributed by atoms with Crippen LogP contribution in [0.5, 0.6) is 0 Å². The van der Waals surface area contributed by atoms with Crippen LogP contribution in [0.4, 0.5) is 0 Å². The summed E-state index contributed by atoms with van der Waals surface area (Å²) in [7, 11) is -3.56. The first kappa shape index (κ1) is 29.5. The maximum atomic E-state index is 5.08. The summed E-state index contributed by atoms with van der Waals surface area (Å²) in [5.41, 5.74) is 6.75. The van der Waals surface area contributed by atoms with Crippen LogP contribution in [-0.4, -0.2) is 67.9 Å². The van der Waals surface area contributed by atoms with Crippen molar-refractivity contribution in [2.24, 2.45) is 0 Å². The van der Waals surface area contributed by atoms with Gasteiger partial charge in [0.05, 0.1) is 40.1 Å². The molecular weight excluding hydrogens is 629 g/mol. The maximum absolute atomic E-state index is 5.08. The van der Waals surface area contributed by atoms with E-state index in [-0.39, 0.29) is 0 Å². The molecule has 8 rings (SSSR count). The minimum absolute atomic E-state index is 0.517. The third-order valence-electron chi connectivity index (χ3n) is 7.98. The zero-order chi connectivity index (χ0) is 32.9. The summed E-state index contributed by atoms with van der Waals surface area (Å²) in [5.74, 6) is 0. The zero-order valence-corrected chi connectivity index (χ0v) is 26.7. The first-order valence-electron chi connectivity index (χ1n) is 15.2. The first-order chi connectivity index (χ1) is 24.3. The van der Waals surface area contributed by atoms with Crippen LogP contribution < -0.4 is 21.4 Å². The van der Waals surface area contributed by atoms with Crippen molar-refractivity contribution in [3.8, 4) is 45.0 Å². The zero-order valence-electron chi connectivity index (χ0n) is 25.7. The standard InChI is InChI=1S/C36H24N12Si/c1-2-12-40-29(5-1)28-18-46-36(47-19-28)49(33-7-6-27(17-43-33)26-4-3-11-38-16-26,34-22-41-31(20-44-34)25-8-13-37-14-9-25)35-23-42-32(21-45-35)30-10-15-39-24-48-30/h1-24H. The summed E-state index contributed by atoms with van der Waals surface area (Å²) in [6.07, 6.45) is 24.2. The molecule has 1 unspecified atom stereocenters. The summed E-state index contributed by atoms with van der Waals surface area (Å²) in [4.78, 5) is 56.1. The number of rotatable bonds is 8. The molecule has 12 nitrogen and oxygen atoms in total. The fourth-order valence-electron chi connectivity index (χ4n) is 5.53. The lowest BCUT2D eigenvalue weighted by Gasteiger charge is -2.28. The molecule has 0 saturated carbocycles. The molecule has 8 aromatic heterocycles. The van der Waals surface area contributed by atoms with E-state index in [1.807, 2.05) is 67.0 Å². The van der Waals surface area contributed by atoms with Crippen LogP contribution in [0.25, 0.3) is 45.0 Å². The van der Waals surface area contributed by atoms with Gasteiger partial charge < -0.3 is 0 Å². The Hall–Kier alpha value is -6.86. The second-order valence-corrected chi connectivity index (χ2v) is 14.3. The SMILES string of the molecule is c1ccc(-c2cnc([Si](c3ccc(-c4cccnc4)cn3)(c3cnc(-c4ccncc4)cn3)c3cnc(-c4ccncn4)cn3)nc2)nc1. The van der Waals surface area contributed by atoms with E-state index in [1.54, 1.807) is 74.2 Å². The van der Waals surface area contributed by atoms with Crippen molar-refractivity contribution < 1.29 is 0 Å². The topological polar surface area (TPSA) is 155 Å². The average Bonchev–Trinajstić information content (AvgIpc) is 3.20. The van der Waals surface area contributed by atoms with Crippen molar-refractivity contribution in [1.82, 2.24) is 59.8 Å². The van der Waals surface area contributed by atoms with E-state index in [1.165, 1.54) is 6.33 Å². The van der Waals surface area contributed by atoms with E-state index in [0.717, 1.165) is 27.9 Å². The highest BCUT2D eigenvalue weighted by molar-refractivity contribution is 7.18. The van der Waals surface area contributed by atoms with E-state index < -0.39 is 8.07 Å². The second-order valence-electron chi connectivity index (χ2n) is 10.8. The minimum atomic E-state index is -3.56. The Morgan fingerprint density at radius 1 is 0.327 bits per heavy atom. The molecule has 0 aliphatic heterocycles. The molecule has 0 radical (unpaired) electrons. The fraction of sp³-hybridized carbons (Fsp3) is 0. The van der Waals surface area contributed by atoms with Crippen LogP contribution in [0, 0.1) is 0 Å². The molecule has 49 heavy (non-hydrogen) atoms. The van der Waals surface area contributed by atoms with Crippen molar-refractivity contribution >= 4 is 29.5 Å². The van der Waals surface area contributed by atoms with Crippen LogP contribution in [0.3, 0.4) is 0 Å². The molecule has 0 aliphatic rings. The first-order valence-corrected chi connectivity index (χ1v) is 17.2. The van der Waals surface area contributed by atoms with E-state index in [4.69, 9.17) is 34.9 Å². The molecular formula is C36H24N12Si. The number of hydrogen-bond donors (Lipinski definition) is 0. The lowest BCUT2D eigenvalue weighted by atomic mass is 10.1. The molecule has 0 N–H and O–H groups in total. The predicted octanol–water partition coefficient (Wildman–Crippen LogP) is 2.47. The molecule has 0 amide bonds. The van der Waals surface area contributed by atoms with Gasteiger partial charge in [-0.05, 0) is 42.5 Å². The Bertz CT molecular complexity index is 1940. The number of hydrogen-bond acceptors (Lipinski definition) is 12. The van der Waals surface area contributed by atoms with Crippen LogP contribution in [0.2, 0.25) is 0 Å². The molecule has 0 aromatic carbocycles. The van der Waals surface area contributed by atoms with E-state index >= 15 is 0 Å². The molecule has 8 heterocycles. The highest BCUT2D eigenvalue weighted by atomic mass is 28.3. The molecule has 0 fully saturated rings. The third kappa shape index (κ3) is 5.70. The Labute approximate surface area is 281 Å². The van der Waals surface area contributed by atoms with Gasteiger partial charge in [0.15, 0.2) is 0 Å². The second kappa shape index (κ2) is 13.1. The summed E-state index contributed by atoms with van der Waals surface area (Å²) in [6, 6.07) is 19.2. The van der Waals surface area contributed by atoms with Gasteiger partial charge in [-0.2, -0.15) is 0 Å². The Balaban J connectivity index is 1.35. The van der Waals surface area contributed by atoms with Gasteiger partial charge in [-0.1, -0.05) is 18.2 Å². The van der Waals surface area contributed by atoms with Gasteiger partial charge in [0.25, 0.3) is 8.07 Å². The van der Waals surface area contributed by atoms with Gasteiger partial charge >= 0.3 is 0 Å². The van der Waals surface area contributed by atoms with Crippen molar-refractivity contribution in [1.29, 1.82) is 0 Å². The van der Waals surface area contributed by atoms with Crippen molar-refractivity contribution in [3.05, 3.63) is 148 Å². The summed E-state index contributed by atoms with van der Waals surface area (Å²) in [6.45, 7) is 0. The van der Waals surface area contributed by atoms with Gasteiger partial charge in [-0.15, -0.1) is 0 Å². The smallest absolute Gasteiger partial charge is 0.265 e. The fourth-order valence-corrected chi connectivity index (χ4v) is 9.15. The van der Waals surface area contributed by atoms with E-state index in [0.29, 0.717) is 38.5 Å². The molecule has 0 saturated heterocycles. The number of aromatic nitrogens is 12. The van der Waals surface area contributed by atoms with Gasteiger partial charge in [0.2, 0.25) is 0 Å². The molecule has 232 valence electrons. The van der Waals surface area contributed by atoms with Crippen molar-refractivity contribution in [3.63, 3.8) is 0 Å². The number of pyridine rings is 4. The van der Waals surface area contributed by atoms with Gasteiger partial charge in [-0.3, -0.25) is 39.9 Å². The monoisotopic (exact) mass is 652 g/mol. The third-order valence-corrected chi connectivity index (χ3v) is 12.0. The Morgan fingerprint density at radius 2 is 1.06 bits per heavy atom. The molecule has 0 spiro atoms. The molecule has 1 atom stereocenters. The average molecular weight is 653 g/mol. The minimum Gasteiger partial charge on any atom is -0.265 e. The van der Waals surface area contributed by atoms with Crippen LogP contribution in [0.15, 0.2) is 148 Å². The number of nitrogens with zero attached hydrogens (tertiary/aromatic N) is 12. The quantitative estimate of drug-likeness (QED) is 0.222. The van der Waals surface area contributed by atoms with Gasteiger partial charge in [-0.25, -0.2) is 19.9 Å². The largest absolute Gasteiger partial charge is 0.290 e. The Morgan fingerprint density at radius 3 is 1.69 bits per heavy atom. The predicted molar refractivity (Wildman–Crippen MR) is 185 cm³/mol. The van der Waals surface area contributed by atoms with Crippen molar-refractivity contribution in [2.45, 2.75) is 0 Å². The summed E-state index contributed by atoms with van der Waals surface area (Å²) < 4.78 is 0. The van der Waals surface area contributed by atoms with Crippen LogP contribution >= 0.6 is 0 Å². The van der Waals surface area contributed by atoms with Gasteiger partial charge in [0, 0.05) is 95.7 Å². The van der Waals surface area contributed by atoms with Crippen LogP contribution in [-0.2, 0) is 0 Å². The molecule has 0 bridgehead atoms. The lowest BCUT2D eigenvalue weighted by Crippen LogP contribution is -2.78. The van der Waals surface area contributed by atoms with E-state index in [9.17, 15) is 0 Å². The molecule has 8 aromatic rings. The highest BCUT2D eigenvalue weighted by Crippen LogP contribution is 2.18. The molecule has 0 aliphatic carbocycles. The normalized spacial score (nSPS) is 12.2. The molecule has 13 heteroatoms. The Kier molecular flexibility index (Phi) is 7.89. The van der Waals surface area contributed by atoms with Crippen molar-refractivity contribution in [2.75, 3.05) is 0 Å². The lowest BCUT2D eigenvalue weighted by molar-refractivity contribution is 1.13. The summed E-state index contributed by atoms with van der Waals surface area (Å²) in [5, 5.41) is 1.98. The van der Waals surface area contributed by atoms with Gasteiger partial charge in [0.1, 0.15) is 17.5 Å². The summed E-state index contributed by atoms with van der Waals surface area (Å²) >= 11 is 0. The van der Waals surface area contributed by atoms with E-state index in [2.05, 4.69) is 24.9 Å². The maximum Gasteiger partial charge on any atom is 0.290 e. The van der Waals surface area contributed by atoms with Crippen LogP contribution in [0.1, 0.15) is 0 Å². The highest BCUT2D eigenvalue weighted by Gasteiger charge is 2.50.